The van der Waals surface area contributed by atoms with Crippen molar-refractivity contribution in [3.05, 3.63) is 23.1 Å². The van der Waals surface area contributed by atoms with Crippen molar-refractivity contribution in [2.75, 3.05) is 13.1 Å². The molecular formula is C10H15ClN2O2. The Morgan fingerprint density at radius 1 is 1.53 bits per heavy atom. The van der Waals surface area contributed by atoms with E-state index in [9.17, 15) is 4.79 Å². The van der Waals surface area contributed by atoms with Crippen molar-refractivity contribution in [2.24, 2.45) is 0 Å². The summed E-state index contributed by atoms with van der Waals surface area (Å²) in [6, 6.07) is 3.45. The predicted octanol–water partition coefficient (Wildman–Crippen LogP) is 1.55. The van der Waals surface area contributed by atoms with Crippen molar-refractivity contribution >= 4 is 17.5 Å². The monoisotopic (exact) mass is 230 g/mol. The Morgan fingerprint density at radius 2 is 2.33 bits per heavy atom. The normalized spacial score (nSPS) is 10.3. The van der Waals surface area contributed by atoms with Crippen LogP contribution in [-0.4, -0.2) is 19.0 Å². The number of furan rings is 1. The maximum atomic E-state index is 11.2. The Morgan fingerprint density at radius 3 is 2.93 bits per heavy atom. The van der Waals surface area contributed by atoms with Gasteiger partial charge in [-0.05, 0) is 30.2 Å². The molecule has 0 aliphatic rings. The van der Waals surface area contributed by atoms with E-state index in [0.29, 0.717) is 18.3 Å². The van der Waals surface area contributed by atoms with E-state index in [1.807, 2.05) is 6.92 Å². The summed E-state index contributed by atoms with van der Waals surface area (Å²) in [5, 5.41) is 6.09. The highest BCUT2D eigenvalue weighted by Gasteiger charge is 2.01. The molecule has 15 heavy (non-hydrogen) atoms. The number of carbonyl (C=O) groups is 1. The number of nitrogens with one attached hydrogen (secondary N) is 2. The predicted molar refractivity (Wildman–Crippen MR) is 58.7 cm³/mol. The zero-order valence-electron chi connectivity index (χ0n) is 8.68. The second-order valence-electron chi connectivity index (χ2n) is 3.16. The van der Waals surface area contributed by atoms with Crippen molar-refractivity contribution in [1.29, 1.82) is 0 Å². The van der Waals surface area contributed by atoms with Gasteiger partial charge in [0.2, 0.25) is 5.91 Å². The molecule has 0 bridgehead atoms. The van der Waals surface area contributed by atoms with Gasteiger partial charge in [-0.1, -0.05) is 6.92 Å². The van der Waals surface area contributed by atoms with Crippen LogP contribution < -0.4 is 10.6 Å². The Balaban J connectivity index is 2.13. The molecule has 1 heterocycles. The summed E-state index contributed by atoms with van der Waals surface area (Å²) in [6.07, 6.45) is 0.944. The molecular weight excluding hydrogens is 216 g/mol. The van der Waals surface area contributed by atoms with Crippen LogP contribution in [0.3, 0.4) is 0 Å². The summed E-state index contributed by atoms with van der Waals surface area (Å²) in [4.78, 5) is 11.2. The molecule has 0 aliphatic carbocycles. The van der Waals surface area contributed by atoms with E-state index < -0.39 is 0 Å². The van der Waals surface area contributed by atoms with Crippen LogP contribution >= 0.6 is 11.6 Å². The van der Waals surface area contributed by atoms with Crippen LogP contribution in [0.15, 0.2) is 16.5 Å². The third-order valence-electron chi connectivity index (χ3n) is 1.79. The Labute approximate surface area is 94.0 Å². The molecule has 0 saturated heterocycles. The summed E-state index contributed by atoms with van der Waals surface area (Å²) in [5.41, 5.74) is 0. The molecule has 1 aromatic rings. The fourth-order valence-electron chi connectivity index (χ4n) is 1.07. The van der Waals surface area contributed by atoms with Crippen molar-refractivity contribution < 1.29 is 9.21 Å². The molecule has 1 aromatic heterocycles. The minimum atomic E-state index is -0.00509. The van der Waals surface area contributed by atoms with E-state index in [0.717, 1.165) is 12.2 Å². The van der Waals surface area contributed by atoms with Crippen molar-refractivity contribution in [1.82, 2.24) is 10.6 Å². The summed E-state index contributed by atoms with van der Waals surface area (Å²) >= 11 is 5.60. The molecule has 4 nitrogen and oxygen atoms in total. The molecule has 0 aromatic carbocycles. The lowest BCUT2D eigenvalue weighted by atomic mass is 10.4. The zero-order chi connectivity index (χ0) is 11.1. The van der Waals surface area contributed by atoms with Gasteiger partial charge in [0.25, 0.3) is 0 Å². The van der Waals surface area contributed by atoms with Crippen LogP contribution in [0.2, 0.25) is 5.22 Å². The van der Waals surface area contributed by atoms with Crippen LogP contribution in [0.4, 0.5) is 0 Å². The second-order valence-corrected chi connectivity index (χ2v) is 3.53. The highest BCUT2D eigenvalue weighted by atomic mass is 35.5. The van der Waals surface area contributed by atoms with E-state index in [2.05, 4.69) is 10.6 Å². The van der Waals surface area contributed by atoms with Gasteiger partial charge in [0.1, 0.15) is 5.76 Å². The maximum Gasteiger partial charge on any atom is 0.233 e. The Bertz CT molecular complexity index is 312. The summed E-state index contributed by atoms with van der Waals surface area (Å²) < 4.78 is 5.12. The van der Waals surface area contributed by atoms with Crippen LogP contribution in [0.5, 0.6) is 0 Å². The van der Waals surface area contributed by atoms with Crippen molar-refractivity contribution in [3.8, 4) is 0 Å². The third-order valence-corrected chi connectivity index (χ3v) is 1.99. The van der Waals surface area contributed by atoms with Gasteiger partial charge in [-0.25, -0.2) is 0 Å². The molecule has 0 saturated carbocycles. The first-order valence-electron chi connectivity index (χ1n) is 4.94. The number of hydrogen-bond acceptors (Lipinski definition) is 3. The number of hydrogen-bond donors (Lipinski definition) is 2. The highest BCUT2D eigenvalue weighted by molar-refractivity contribution is 6.28. The minimum Gasteiger partial charge on any atom is -0.448 e. The van der Waals surface area contributed by atoms with E-state index in [1.165, 1.54) is 0 Å². The van der Waals surface area contributed by atoms with E-state index >= 15 is 0 Å². The lowest BCUT2D eigenvalue weighted by Crippen LogP contribution is -2.33. The van der Waals surface area contributed by atoms with Crippen molar-refractivity contribution in [2.45, 2.75) is 19.9 Å². The van der Waals surface area contributed by atoms with Gasteiger partial charge in [-0.3, -0.25) is 4.79 Å². The highest BCUT2D eigenvalue weighted by Crippen LogP contribution is 2.12. The van der Waals surface area contributed by atoms with Crippen LogP contribution in [0, 0.1) is 0 Å². The Hall–Kier alpha value is -1.00. The molecule has 2 N–H and O–H groups in total. The number of amides is 1. The molecule has 1 rings (SSSR count). The van der Waals surface area contributed by atoms with Gasteiger partial charge in [0, 0.05) is 6.54 Å². The quantitative estimate of drug-likeness (QED) is 0.780. The molecule has 0 unspecified atom stereocenters. The fourth-order valence-corrected chi connectivity index (χ4v) is 1.23. The SMILES string of the molecule is CCCNC(=O)CNCc1ccc(Cl)o1. The van der Waals surface area contributed by atoms with Crippen LogP contribution in [0.1, 0.15) is 19.1 Å². The average Bonchev–Trinajstić information content (AvgIpc) is 2.61. The van der Waals surface area contributed by atoms with Gasteiger partial charge >= 0.3 is 0 Å². The summed E-state index contributed by atoms with van der Waals surface area (Å²) in [6.45, 7) is 3.52. The maximum absolute atomic E-state index is 11.2. The van der Waals surface area contributed by atoms with Gasteiger partial charge in [0.15, 0.2) is 5.22 Å². The third kappa shape index (κ3) is 4.85. The first-order valence-corrected chi connectivity index (χ1v) is 5.31. The smallest absolute Gasteiger partial charge is 0.233 e. The minimum absolute atomic E-state index is 0.00509. The average molecular weight is 231 g/mol. The number of halogens is 1. The van der Waals surface area contributed by atoms with E-state index in [-0.39, 0.29) is 12.5 Å². The first kappa shape index (κ1) is 12.1. The van der Waals surface area contributed by atoms with Crippen LogP contribution in [-0.2, 0) is 11.3 Å². The second kappa shape index (κ2) is 6.48. The molecule has 0 radical (unpaired) electrons. The first-order chi connectivity index (χ1) is 7.22. The number of rotatable bonds is 6. The van der Waals surface area contributed by atoms with Gasteiger partial charge < -0.3 is 15.1 Å². The molecule has 1 amide bonds. The van der Waals surface area contributed by atoms with Gasteiger partial charge in [-0.2, -0.15) is 0 Å². The molecule has 5 heteroatoms. The lowest BCUT2D eigenvalue weighted by molar-refractivity contribution is -0.120. The van der Waals surface area contributed by atoms with Crippen molar-refractivity contribution in [3.63, 3.8) is 0 Å². The van der Waals surface area contributed by atoms with Crippen LogP contribution in [0.25, 0.3) is 0 Å². The zero-order valence-corrected chi connectivity index (χ0v) is 9.43. The van der Waals surface area contributed by atoms with E-state index in [1.54, 1.807) is 12.1 Å². The topological polar surface area (TPSA) is 54.3 Å². The van der Waals surface area contributed by atoms with E-state index in [4.69, 9.17) is 16.0 Å². The number of carbonyl (C=O) groups excluding carboxylic acids is 1. The fraction of sp³-hybridized carbons (Fsp3) is 0.500. The standard InChI is InChI=1S/C10H15ClN2O2/c1-2-5-13-10(14)7-12-6-8-3-4-9(11)15-8/h3-4,12H,2,5-7H2,1H3,(H,13,14). The molecule has 0 fully saturated rings. The lowest BCUT2D eigenvalue weighted by Gasteiger charge is -2.03. The molecule has 84 valence electrons. The summed E-state index contributed by atoms with van der Waals surface area (Å²) in [7, 11) is 0. The summed E-state index contributed by atoms with van der Waals surface area (Å²) in [5.74, 6) is 0.720. The Kier molecular flexibility index (Phi) is 5.21. The van der Waals surface area contributed by atoms with Gasteiger partial charge in [-0.15, -0.1) is 0 Å². The largest absolute Gasteiger partial charge is 0.448 e. The van der Waals surface area contributed by atoms with Gasteiger partial charge in [0.05, 0.1) is 13.1 Å². The molecule has 0 atom stereocenters. The molecule has 0 aliphatic heterocycles. The molecule has 0 spiro atoms.